The van der Waals surface area contributed by atoms with Crippen molar-refractivity contribution >= 4 is 40.6 Å². The molecule has 1 aliphatic heterocycles. The van der Waals surface area contributed by atoms with E-state index in [-0.39, 0.29) is 30.6 Å². The monoisotopic (exact) mass is 669 g/mol. The second-order valence-corrected chi connectivity index (χ2v) is 12.7. The number of hydrogen-bond acceptors (Lipinski definition) is 8. The van der Waals surface area contributed by atoms with E-state index in [1.807, 2.05) is 84.9 Å². The van der Waals surface area contributed by atoms with Gasteiger partial charge in [0.05, 0.1) is 37.3 Å². The average molecular weight is 670 g/mol. The van der Waals surface area contributed by atoms with Crippen molar-refractivity contribution in [3.05, 3.63) is 114 Å². The fraction of sp³-hybridized carbons (Fsp3) is 0.316. The van der Waals surface area contributed by atoms with Crippen LogP contribution in [0.5, 0.6) is 5.75 Å². The van der Waals surface area contributed by atoms with E-state index in [0.29, 0.717) is 54.9 Å². The molecule has 0 unspecified atom stereocenters. The summed E-state index contributed by atoms with van der Waals surface area (Å²) in [5, 5.41) is 15.3. The molecule has 5 N–H and O–H groups in total. The number of nitrogens with one attached hydrogen (secondary N) is 2. The van der Waals surface area contributed by atoms with Gasteiger partial charge < -0.3 is 35.7 Å². The molecule has 5 rings (SSSR count). The summed E-state index contributed by atoms with van der Waals surface area (Å²) in [4.78, 5) is 26.1. The van der Waals surface area contributed by atoms with Crippen molar-refractivity contribution in [2.45, 2.75) is 68.5 Å². The van der Waals surface area contributed by atoms with Gasteiger partial charge in [0.15, 0.2) is 6.29 Å². The number of carbonyl (C=O) groups excluding carboxylic acids is 2. The van der Waals surface area contributed by atoms with E-state index in [1.165, 1.54) is 0 Å². The van der Waals surface area contributed by atoms with Gasteiger partial charge in [0, 0.05) is 41.2 Å². The van der Waals surface area contributed by atoms with Crippen LogP contribution >= 0.6 is 11.8 Å². The van der Waals surface area contributed by atoms with Crippen LogP contribution in [0.25, 0.3) is 0 Å². The summed E-state index contributed by atoms with van der Waals surface area (Å²) < 4.78 is 18.5. The third-order valence-corrected chi connectivity index (χ3v) is 9.28. The fourth-order valence-electron chi connectivity index (χ4n) is 5.50. The maximum atomic E-state index is 12.8. The van der Waals surface area contributed by atoms with E-state index in [4.69, 9.17) is 19.9 Å². The number of benzene rings is 4. The molecule has 0 aromatic heterocycles. The van der Waals surface area contributed by atoms with Gasteiger partial charge in [-0.1, -0.05) is 67.1 Å². The van der Waals surface area contributed by atoms with Gasteiger partial charge in [-0.05, 0) is 60.4 Å². The minimum atomic E-state index is -0.640. The Morgan fingerprint density at radius 3 is 2.33 bits per heavy atom. The molecule has 1 saturated heterocycles. The van der Waals surface area contributed by atoms with Crippen LogP contribution in [0.1, 0.15) is 67.6 Å². The second kappa shape index (κ2) is 17.7. The zero-order valence-electron chi connectivity index (χ0n) is 27.1. The number of unbranched alkanes of at least 4 members (excludes halogenated alkanes) is 2. The maximum absolute atomic E-state index is 12.8. The molecule has 0 radical (unpaired) electrons. The number of thioether (sulfide) groups is 1. The third kappa shape index (κ3) is 10.1. The van der Waals surface area contributed by atoms with Crippen LogP contribution in [0.15, 0.2) is 102 Å². The van der Waals surface area contributed by atoms with Crippen LogP contribution in [0, 0.1) is 0 Å². The normalized spacial score (nSPS) is 17.4. The highest BCUT2D eigenvalue weighted by molar-refractivity contribution is 7.99. The molecule has 0 saturated carbocycles. The zero-order valence-corrected chi connectivity index (χ0v) is 27.9. The number of carbonyl (C=O) groups is 2. The summed E-state index contributed by atoms with van der Waals surface area (Å²) in [6.07, 6.45) is 2.50. The number of hydrogen-bond donors (Lipinski definition) is 4. The van der Waals surface area contributed by atoms with E-state index in [9.17, 15) is 14.7 Å². The molecule has 0 aliphatic carbocycles. The van der Waals surface area contributed by atoms with Gasteiger partial charge in [-0.3, -0.25) is 9.59 Å². The molecule has 48 heavy (non-hydrogen) atoms. The highest BCUT2D eigenvalue weighted by atomic mass is 32.2. The summed E-state index contributed by atoms with van der Waals surface area (Å²) in [5.41, 5.74) is 10.4. The quantitative estimate of drug-likeness (QED) is 0.0577. The number of anilines is 3. The van der Waals surface area contributed by atoms with Crippen molar-refractivity contribution in [1.82, 2.24) is 0 Å². The van der Waals surface area contributed by atoms with Crippen molar-refractivity contribution in [2.24, 2.45) is 0 Å². The topological polar surface area (TPSA) is 132 Å². The Hall–Kier alpha value is -4.35. The summed E-state index contributed by atoms with van der Waals surface area (Å²) in [5.74, 6) is 1.34. The van der Waals surface area contributed by atoms with Gasteiger partial charge >= 0.3 is 0 Å². The lowest BCUT2D eigenvalue weighted by molar-refractivity contribution is -0.245. The maximum Gasteiger partial charge on any atom is 0.224 e. The number of nitrogen functional groups attached to an aromatic ring is 1. The molecule has 9 nitrogen and oxygen atoms in total. The largest absolute Gasteiger partial charge is 0.496 e. The number of aliphatic hydroxyl groups is 1. The summed E-state index contributed by atoms with van der Waals surface area (Å²) >= 11 is 1.68. The van der Waals surface area contributed by atoms with Crippen LogP contribution in [-0.2, 0) is 25.7 Å². The molecule has 252 valence electrons. The van der Waals surface area contributed by atoms with Crippen molar-refractivity contribution in [2.75, 3.05) is 29.2 Å². The van der Waals surface area contributed by atoms with Crippen molar-refractivity contribution in [3.63, 3.8) is 0 Å². The smallest absolute Gasteiger partial charge is 0.224 e. The zero-order chi connectivity index (χ0) is 33.7. The first-order chi connectivity index (χ1) is 23.4. The first-order valence-corrected chi connectivity index (χ1v) is 17.2. The van der Waals surface area contributed by atoms with Crippen LogP contribution in [0.4, 0.5) is 17.1 Å². The number of rotatable bonds is 15. The summed E-state index contributed by atoms with van der Waals surface area (Å²) in [7, 11) is 1.67. The van der Waals surface area contributed by atoms with Gasteiger partial charge in [0.1, 0.15) is 5.75 Å². The van der Waals surface area contributed by atoms with Gasteiger partial charge in [0.25, 0.3) is 0 Å². The Balaban J connectivity index is 1.16. The molecule has 10 heteroatoms. The SMILES string of the molecule is COc1ccccc1SC[C@@H]1C[C@H](c2ccc(CO)cc2)O[C@H](c2cccc(NC(=O)CCCCCC(=O)Nc3ccccc3N)c2)O1. The van der Waals surface area contributed by atoms with Crippen molar-refractivity contribution < 1.29 is 28.9 Å². The Kier molecular flexibility index (Phi) is 12.9. The molecule has 1 fully saturated rings. The van der Waals surface area contributed by atoms with Crippen molar-refractivity contribution in [3.8, 4) is 5.75 Å². The number of aliphatic hydroxyl groups excluding tert-OH is 1. The average Bonchev–Trinajstić information content (AvgIpc) is 3.11. The lowest BCUT2D eigenvalue weighted by Crippen LogP contribution is -2.31. The number of methoxy groups -OCH3 is 1. The number of para-hydroxylation sites is 3. The number of nitrogens with two attached hydrogens (primary N) is 1. The molecule has 4 aromatic rings. The minimum Gasteiger partial charge on any atom is -0.496 e. The van der Waals surface area contributed by atoms with Crippen LogP contribution in [-0.4, -0.2) is 35.9 Å². The Morgan fingerprint density at radius 1 is 0.854 bits per heavy atom. The molecule has 1 heterocycles. The van der Waals surface area contributed by atoms with E-state index in [0.717, 1.165) is 33.8 Å². The molecule has 2 amide bonds. The van der Waals surface area contributed by atoms with Gasteiger partial charge in [-0.2, -0.15) is 0 Å². The van der Waals surface area contributed by atoms with E-state index in [2.05, 4.69) is 10.6 Å². The lowest BCUT2D eigenvalue weighted by Gasteiger charge is -2.36. The molecule has 0 spiro atoms. The lowest BCUT2D eigenvalue weighted by atomic mass is 10.0. The van der Waals surface area contributed by atoms with E-state index < -0.39 is 6.29 Å². The highest BCUT2D eigenvalue weighted by Crippen LogP contribution is 2.40. The van der Waals surface area contributed by atoms with E-state index >= 15 is 0 Å². The molecule has 0 bridgehead atoms. The molecular formula is C38H43N3O6S. The highest BCUT2D eigenvalue weighted by Gasteiger charge is 2.32. The number of ether oxygens (including phenoxy) is 3. The molecular weight excluding hydrogens is 627 g/mol. The molecule has 4 aromatic carbocycles. The molecule has 1 aliphatic rings. The van der Waals surface area contributed by atoms with Crippen molar-refractivity contribution in [1.29, 1.82) is 0 Å². The van der Waals surface area contributed by atoms with Crippen LogP contribution < -0.4 is 21.1 Å². The predicted octanol–water partition coefficient (Wildman–Crippen LogP) is 7.64. The summed E-state index contributed by atoms with van der Waals surface area (Å²) in [6, 6.07) is 30.5. The van der Waals surface area contributed by atoms with Gasteiger partial charge in [0.2, 0.25) is 11.8 Å². The predicted molar refractivity (Wildman–Crippen MR) is 190 cm³/mol. The fourth-order valence-corrected chi connectivity index (χ4v) is 6.55. The minimum absolute atomic E-state index is 0.0178. The first-order valence-electron chi connectivity index (χ1n) is 16.2. The first kappa shape index (κ1) is 35.0. The summed E-state index contributed by atoms with van der Waals surface area (Å²) in [6.45, 7) is -0.0178. The Morgan fingerprint density at radius 2 is 1.58 bits per heavy atom. The Bertz CT molecular complexity index is 1650. The third-order valence-electron chi connectivity index (χ3n) is 8.09. The number of amides is 2. The van der Waals surface area contributed by atoms with Crippen LogP contribution in [0.2, 0.25) is 0 Å². The van der Waals surface area contributed by atoms with E-state index in [1.54, 1.807) is 31.0 Å². The molecule has 3 atom stereocenters. The van der Waals surface area contributed by atoms with Gasteiger partial charge in [-0.25, -0.2) is 0 Å². The second-order valence-electron chi connectivity index (χ2n) is 11.7. The standard InChI is InChI=1S/C38H43N3O6S/c1-45-33-14-7-8-15-35(33)48-25-30-23-34(27-20-18-26(24-42)19-21-27)47-38(46-30)28-10-9-11-29(22-28)40-36(43)16-3-2-4-17-37(44)41-32-13-6-5-12-31(32)39/h5-15,18-22,30,34,38,42H,2-4,16-17,23-25,39H2,1H3,(H,40,43)(H,41,44)/t30-,34+,38+/m0/s1. The van der Waals surface area contributed by atoms with Gasteiger partial charge in [-0.15, -0.1) is 11.8 Å². The Labute approximate surface area is 286 Å². The van der Waals surface area contributed by atoms with Crippen LogP contribution in [0.3, 0.4) is 0 Å².